The molecule has 1 aliphatic rings. The normalized spacial score (nSPS) is 14.1. The standard InChI is InChI=1S/C12H11BrFNO3/c13-7-1-4-10(14)9(5-7)12(17)18-6-11(16)15-8-2-3-8/h1,4-5,8H,2-3,6H2,(H,15,16). The molecule has 6 heteroatoms. The molecule has 0 aromatic heterocycles. The summed E-state index contributed by atoms with van der Waals surface area (Å²) in [5.41, 5.74) is -0.191. The molecule has 0 saturated heterocycles. The SMILES string of the molecule is O=C(COC(=O)c1cc(Br)ccc1F)NC1CC1. The molecular weight excluding hydrogens is 305 g/mol. The molecule has 0 radical (unpaired) electrons. The number of carbonyl (C=O) groups is 2. The van der Waals surface area contributed by atoms with Crippen LogP contribution in [0.5, 0.6) is 0 Å². The lowest BCUT2D eigenvalue weighted by molar-refractivity contribution is -0.124. The van der Waals surface area contributed by atoms with Crippen molar-refractivity contribution >= 4 is 27.8 Å². The minimum Gasteiger partial charge on any atom is -0.452 e. The van der Waals surface area contributed by atoms with Crippen LogP contribution in [0.2, 0.25) is 0 Å². The predicted octanol–water partition coefficient (Wildman–Crippen LogP) is 2.02. The summed E-state index contributed by atoms with van der Waals surface area (Å²) in [6.07, 6.45) is 1.92. The van der Waals surface area contributed by atoms with Crippen molar-refractivity contribution in [3.8, 4) is 0 Å². The van der Waals surface area contributed by atoms with Gasteiger partial charge >= 0.3 is 5.97 Å². The first-order valence-corrected chi connectivity index (χ1v) is 6.27. The van der Waals surface area contributed by atoms with Crippen LogP contribution < -0.4 is 5.32 Å². The number of hydrogen-bond donors (Lipinski definition) is 1. The van der Waals surface area contributed by atoms with Gasteiger partial charge in [0.25, 0.3) is 5.91 Å². The molecule has 1 aliphatic carbocycles. The number of halogens is 2. The second-order valence-electron chi connectivity index (χ2n) is 4.04. The number of ether oxygens (including phenoxy) is 1. The number of hydrogen-bond acceptors (Lipinski definition) is 3. The van der Waals surface area contributed by atoms with Gasteiger partial charge in [-0.3, -0.25) is 4.79 Å². The van der Waals surface area contributed by atoms with E-state index in [1.807, 2.05) is 0 Å². The molecule has 0 bridgehead atoms. The Kier molecular flexibility index (Phi) is 3.96. The Bertz CT molecular complexity index is 488. The van der Waals surface area contributed by atoms with Crippen molar-refractivity contribution in [1.82, 2.24) is 5.32 Å². The number of amides is 1. The smallest absolute Gasteiger partial charge is 0.341 e. The molecule has 0 unspecified atom stereocenters. The van der Waals surface area contributed by atoms with Crippen molar-refractivity contribution in [2.24, 2.45) is 0 Å². The molecule has 0 heterocycles. The Morgan fingerprint density at radius 1 is 1.44 bits per heavy atom. The molecule has 1 fully saturated rings. The minimum atomic E-state index is -0.847. The molecule has 4 nitrogen and oxygen atoms in total. The highest BCUT2D eigenvalue weighted by molar-refractivity contribution is 9.10. The maximum Gasteiger partial charge on any atom is 0.341 e. The van der Waals surface area contributed by atoms with Gasteiger partial charge in [-0.05, 0) is 31.0 Å². The fraction of sp³-hybridized carbons (Fsp3) is 0.333. The first-order valence-electron chi connectivity index (χ1n) is 5.48. The van der Waals surface area contributed by atoms with Gasteiger partial charge in [0.05, 0.1) is 5.56 Å². The zero-order valence-corrected chi connectivity index (χ0v) is 11.0. The van der Waals surface area contributed by atoms with Crippen LogP contribution in [-0.2, 0) is 9.53 Å². The van der Waals surface area contributed by atoms with Gasteiger partial charge in [0.1, 0.15) is 5.82 Å². The molecule has 0 spiro atoms. The highest BCUT2D eigenvalue weighted by Crippen LogP contribution is 2.18. The quantitative estimate of drug-likeness (QED) is 0.865. The zero-order chi connectivity index (χ0) is 13.1. The van der Waals surface area contributed by atoms with Crippen molar-refractivity contribution in [3.63, 3.8) is 0 Å². The predicted molar refractivity (Wildman–Crippen MR) is 65.5 cm³/mol. The van der Waals surface area contributed by atoms with Crippen molar-refractivity contribution in [3.05, 3.63) is 34.1 Å². The van der Waals surface area contributed by atoms with Crippen LogP contribution in [0.15, 0.2) is 22.7 Å². The third-order valence-electron chi connectivity index (χ3n) is 2.43. The molecule has 18 heavy (non-hydrogen) atoms. The fourth-order valence-corrected chi connectivity index (χ4v) is 1.72. The Balaban J connectivity index is 1.90. The van der Waals surface area contributed by atoms with Gasteiger partial charge in [-0.2, -0.15) is 0 Å². The van der Waals surface area contributed by atoms with E-state index in [9.17, 15) is 14.0 Å². The van der Waals surface area contributed by atoms with E-state index in [4.69, 9.17) is 4.74 Å². The summed E-state index contributed by atoms with van der Waals surface area (Å²) in [5, 5.41) is 2.67. The van der Waals surface area contributed by atoms with E-state index in [1.165, 1.54) is 12.1 Å². The molecule has 2 rings (SSSR count). The van der Waals surface area contributed by atoms with E-state index in [0.717, 1.165) is 18.9 Å². The van der Waals surface area contributed by atoms with Crippen LogP contribution in [0.3, 0.4) is 0 Å². The Morgan fingerprint density at radius 3 is 2.83 bits per heavy atom. The zero-order valence-electron chi connectivity index (χ0n) is 9.41. The summed E-state index contributed by atoms with van der Waals surface area (Å²) in [4.78, 5) is 22.9. The number of rotatable bonds is 4. The summed E-state index contributed by atoms with van der Waals surface area (Å²) in [5.74, 6) is -1.88. The third-order valence-corrected chi connectivity index (χ3v) is 2.92. The molecule has 1 aromatic carbocycles. The average molecular weight is 316 g/mol. The Labute approximate surface area is 112 Å². The fourth-order valence-electron chi connectivity index (χ4n) is 1.36. The maximum absolute atomic E-state index is 13.3. The first kappa shape index (κ1) is 13.0. The molecule has 1 saturated carbocycles. The maximum atomic E-state index is 13.3. The van der Waals surface area contributed by atoms with E-state index in [-0.39, 0.29) is 24.1 Å². The van der Waals surface area contributed by atoms with Gasteiger partial charge in [0, 0.05) is 10.5 Å². The van der Waals surface area contributed by atoms with Crippen LogP contribution in [0.4, 0.5) is 4.39 Å². The van der Waals surface area contributed by atoms with Crippen molar-refractivity contribution in [1.29, 1.82) is 0 Å². The van der Waals surface area contributed by atoms with Gasteiger partial charge in [-0.15, -0.1) is 0 Å². The van der Waals surface area contributed by atoms with Crippen molar-refractivity contribution < 1.29 is 18.7 Å². The first-order chi connectivity index (χ1) is 8.56. The van der Waals surface area contributed by atoms with E-state index in [0.29, 0.717) is 4.47 Å². The van der Waals surface area contributed by atoms with Crippen LogP contribution in [-0.4, -0.2) is 24.5 Å². The molecular formula is C12H11BrFNO3. The second kappa shape index (κ2) is 5.48. The van der Waals surface area contributed by atoms with E-state index < -0.39 is 11.8 Å². The highest BCUT2D eigenvalue weighted by atomic mass is 79.9. The van der Waals surface area contributed by atoms with E-state index in [1.54, 1.807) is 0 Å². The van der Waals surface area contributed by atoms with Gasteiger partial charge in [-0.25, -0.2) is 9.18 Å². The van der Waals surface area contributed by atoms with Crippen LogP contribution in [0, 0.1) is 5.82 Å². The number of esters is 1. The van der Waals surface area contributed by atoms with E-state index in [2.05, 4.69) is 21.2 Å². The van der Waals surface area contributed by atoms with Crippen molar-refractivity contribution in [2.75, 3.05) is 6.61 Å². The molecule has 1 N–H and O–H groups in total. The highest BCUT2D eigenvalue weighted by Gasteiger charge is 2.24. The Morgan fingerprint density at radius 2 is 2.17 bits per heavy atom. The summed E-state index contributed by atoms with van der Waals surface area (Å²) in [6, 6.07) is 4.16. The lowest BCUT2D eigenvalue weighted by Gasteiger charge is -2.06. The molecule has 96 valence electrons. The summed E-state index contributed by atoms with van der Waals surface area (Å²) in [7, 11) is 0. The number of nitrogens with one attached hydrogen (secondary N) is 1. The lowest BCUT2D eigenvalue weighted by Crippen LogP contribution is -2.30. The van der Waals surface area contributed by atoms with E-state index >= 15 is 0 Å². The van der Waals surface area contributed by atoms with Gasteiger partial charge in [0.15, 0.2) is 6.61 Å². The second-order valence-corrected chi connectivity index (χ2v) is 4.96. The Hall–Kier alpha value is -1.43. The summed E-state index contributed by atoms with van der Waals surface area (Å²) >= 11 is 3.13. The van der Waals surface area contributed by atoms with Crippen LogP contribution in [0.25, 0.3) is 0 Å². The molecule has 0 aliphatic heterocycles. The average Bonchev–Trinajstić information content (AvgIpc) is 3.13. The van der Waals surface area contributed by atoms with Gasteiger partial charge in [0.2, 0.25) is 0 Å². The number of benzene rings is 1. The van der Waals surface area contributed by atoms with Crippen LogP contribution in [0.1, 0.15) is 23.2 Å². The lowest BCUT2D eigenvalue weighted by atomic mass is 10.2. The largest absolute Gasteiger partial charge is 0.452 e. The summed E-state index contributed by atoms with van der Waals surface area (Å²) in [6.45, 7) is -0.388. The minimum absolute atomic E-state index is 0.191. The van der Waals surface area contributed by atoms with Gasteiger partial charge < -0.3 is 10.1 Å². The molecule has 1 amide bonds. The monoisotopic (exact) mass is 315 g/mol. The van der Waals surface area contributed by atoms with Crippen molar-refractivity contribution in [2.45, 2.75) is 18.9 Å². The summed E-state index contributed by atoms with van der Waals surface area (Å²) < 4.78 is 18.7. The van der Waals surface area contributed by atoms with Crippen LogP contribution >= 0.6 is 15.9 Å². The third kappa shape index (κ3) is 3.53. The molecule has 0 atom stereocenters. The topological polar surface area (TPSA) is 55.4 Å². The number of carbonyl (C=O) groups excluding carboxylic acids is 2. The molecule has 1 aromatic rings. The van der Waals surface area contributed by atoms with Gasteiger partial charge in [-0.1, -0.05) is 15.9 Å².